The van der Waals surface area contributed by atoms with Crippen molar-refractivity contribution < 1.29 is 27.9 Å². The maximum Gasteiger partial charge on any atom is 0.416 e. The molecule has 0 saturated heterocycles. The van der Waals surface area contributed by atoms with Crippen molar-refractivity contribution in [1.82, 2.24) is 19.9 Å². The van der Waals surface area contributed by atoms with Crippen molar-refractivity contribution >= 4 is 29.1 Å². The molecule has 0 atom stereocenters. The van der Waals surface area contributed by atoms with Crippen molar-refractivity contribution in [2.75, 3.05) is 0 Å². The third kappa shape index (κ3) is 5.19. The topological polar surface area (TPSA) is 96.6 Å². The number of fused-ring (bicyclic) bond motifs is 1. The predicted octanol–water partition coefficient (Wildman–Crippen LogP) is 6.36. The third-order valence-corrected chi connectivity index (χ3v) is 6.38. The van der Waals surface area contributed by atoms with Gasteiger partial charge in [0.15, 0.2) is 5.65 Å². The number of carboxylic acid groups (broad SMARTS) is 1. The number of carboxylic acids is 1. The average Bonchev–Trinajstić information content (AvgIpc) is 3.35. The number of carbonyl (C=O) groups is 2. The molecule has 0 unspecified atom stereocenters. The van der Waals surface area contributed by atoms with Crippen molar-refractivity contribution in [2.24, 2.45) is 0 Å². The van der Waals surface area contributed by atoms with E-state index in [2.05, 4.69) is 15.4 Å². The van der Waals surface area contributed by atoms with Gasteiger partial charge in [0.25, 0.3) is 5.91 Å². The smallest absolute Gasteiger partial charge is 0.416 e. The molecule has 39 heavy (non-hydrogen) atoms. The van der Waals surface area contributed by atoms with Crippen molar-refractivity contribution in [2.45, 2.75) is 12.7 Å². The minimum Gasteiger partial charge on any atom is -0.478 e. The van der Waals surface area contributed by atoms with E-state index in [-0.39, 0.29) is 23.3 Å². The summed E-state index contributed by atoms with van der Waals surface area (Å²) < 4.78 is 41.0. The molecule has 196 valence electrons. The SMILES string of the molecule is O=C(O)c1cccc(CNC(=O)c2cnn3c(-c4ccc(C(F)(F)F)cc4)c(-c4ccccc4Cl)cnc23)c1. The minimum absolute atomic E-state index is 0.0563. The molecule has 0 radical (unpaired) electrons. The molecule has 3 aromatic carbocycles. The van der Waals surface area contributed by atoms with Crippen LogP contribution in [-0.4, -0.2) is 31.6 Å². The molecule has 0 spiro atoms. The first kappa shape index (κ1) is 25.9. The van der Waals surface area contributed by atoms with Crippen LogP contribution in [0.4, 0.5) is 13.2 Å². The Morgan fingerprint density at radius 2 is 1.69 bits per heavy atom. The van der Waals surface area contributed by atoms with Crippen LogP contribution in [0.15, 0.2) is 85.2 Å². The molecular formula is C28H18ClF3N4O3. The largest absolute Gasteiger partial charge is 0.478 e. The first-order valence-electron chi connectivity index (χ1n) is 11.5. The number of aromatic nitrogens is 3. The van der Waals surface area contributed by atoms with E-state index in [1.54, 1.807) is 36.4 Å². The van der Waals surface area contributed by atoms with Gasteiger partial charge in [-0.3, -0.25) is 4.79 Å². The minimum atomic E-state index is -4.50. The van der Waals surface area contributed by atoms with Gasteiger partial charge >= 0.3 is 12.1 Å². The van der Waals surface area contributed by atoms with Crippen LogP contribution >= 0.6 is 11.6 Å². The highest BCUT2D eigenvalue weighted by atomic mass is 35.5. The van der Waals surface area contributed by atoms with Gasteiger partial charge in [0, 0.05) is 34.5 Å². The Balaban J connectivity index is 1.57. The van der Waals surface area contributed by atoms with Gasteiger partial charge in [0.1, 0.15) is 5.56 Å². The Kier molecular flexibility index (Phi) is 6.80. The van der Waals surface area contributed by atoms with E-state index >= 15 is 0 Å². The fraction of sp³-hybridized carbons (Fsp3) is 0.0714. The Morgan fingerprint density at radius 3 is 2.38 bits per heavy atom. The molecule has 11 heteroatoms. The number of rotatable bonds is 6. The highest BCUT2D eigenvalue weighted by molar-refractivity contribution is 6.33. The van der Waals surface area contributed by atoms with E-state index in [9.17, 15) is 27.9 Å². The summed E-state index contributed by atoms with van der Waals surface area (Å²) in [4.78, 5) is 28.7. The van der Waals surface area contributed by atoms with E-state index in [1.165, 1.54) is 41.2 Å². The molecule has 7 nitrogen and oxygen atoms in total. The van der Waals surface area contributed by atoms with Crippen LogP contribution in [0.1, 0.15) is 31.8 Å². The molecule has 0 aliphatic heterocycles. The van der Waals surface area contributed by atoms with Crippen LogP contribution in [-0.2, 0) is 12.7 Å². The molecule has 0 bridgehead atoms. The zero-order valence-electron chi connectivity index (χ0n) is 19.9. The summed E-state index contributed by atoms with van der Waals surface area (Å²) in [6.45, 7) is 0.0563. The summed E-state index contributed by atoms with van der Waals surface area (Å²) in [5, 5.41) is 16.7. The zero-order valence-corrected chi connectivity index (χ0v) is 20.7. The normalized spacial score (nSPS) is 11.5. The van der Waals surface area contributed by atoms with Crippen LogP contribution in [0.3, 0.4) is 0 Å². The molecule has 5 aromatic rings. The van der Waals surface area contributed by atoms with Gasteiger partial charge in [0.05, 0.1) is 23.0 Å². The molecule has 0 aliphatic rings. The number of halogens is 4. The zero-order chi connectivity index (χ0) is 27.7. The van der Waals surface area contributed by atoms with Crippen LogP contribution < -0.4 is 5.32 Å². The van der Waals surface area contributed by atoms with E-state index in [0.29, 0.717) is 33.0 Å². The third-order valence-electron chi connectivity index (χ3n) is 6.05. The molecule has 2 N–H and O–H groups in total. The lowest BCUT2D eigenvalue weighted by Gasteiger charge is -2.14. The lowest BCUT2D eigenvalue weighted by Crippen LogP contribution is -2.23. The van der Waals surface area contributed by atoms with Gasteiger partial charge in [0.2, 0.25) is 0 Å². The van der Waals surface area contributed by atoms with Crippen molar-refractivity contribution in [3.63, 3.8) is 0 Å². The summed E-state index contributed by atoms with van der Waals surface area (Å²) in [6, 6.07) is 17.7. The summed E-state index contributed by atoms with van der Waals surface area (Å²) >= 11 is 6.43. The predicted molar refractivity (Wildman–Crippen MR) is 138 cm³/mol. The number of alkyl halides is 3. The maximum absolute atomic E-state index is 13.2. The van der Waals surface area contributed by atoms with E-state index in [0.717, 1.165) is 12.1 Å². The fourth-order valence-corrected chi connectivity index (χ4v) is 4.39. The van der Waals surface area contributed by atoms with Crippen LogP contribution in [0.5, 0.6) is 0 Å². The monoisotopic (exact) mass is 550 g/mol. The van der Waals surface area contributed by atoms with Gasteiger partial charge in [-0.1, -0.05) is 54.1 Å². The van der Waals surface area contributed by atoms with Gasteiger partial charge in [-0.05, 0) is 35.9 Å². The lowest BCUT2D eigenvalue weighted by atomic mass is 9.99. The molecule has 0 saturated carbocycles. The van der Waals surface area contributed by atoms with E-state index in [4.69, 9.17) is 11.6 Å². The fourth-order valence-electron chi connectivity index (χ4n) is 4.15. The van der Waals surface area contributed by atoms with Gasteiger partial charge in [-0.2, -0.15) is 18.3 Å². The standard InChI is InChI=1S/C28H18ClF3N4O3/c29-23-7-2-1-6-20(23)21-14-33-25-22(26(37)34-13-16-4-3-5-18(12-16)27(38)39)15-35-36(25)24(21)17-8-10-19(11-9-17)28(30,31)32/h1-12,14-15H,13H2,(H,34,37)(H,38,39). The molecule has 5 rings (SSSR count). The number of benzene rings is 3. The first-order chi connectivity index (χ1) is 18.6. The van der Waals surface area contributed by atoms with Gasteiger partial charge in [-0.15, -0.1) is 0 Å². The number of hydrogen-bond acceptors (Lipinski definition) is 4. The van der Waals surface area contributed by atoms with Gasteiger partial charge < -0.3 is 10.4 Å². The first-order valence-corrected chi connectivity index (χ1v) is 11.9. The molecule has 1 amide bonds. The van der Waals surface area contributed by atoms with E-state index in [1.807, 2.05) is 0 Å². The molecular weight excluding hydrogens is 533 g/mol. The summed E-state index contributed by atoms with van der Waals surface area (Å²) in [5.74, 6) is -1.60. The van der Waals surface area contributed by atoms with Gasteiger partial charge in [-0.25, -0.2) is 14.3 Å². The van der Waals surface area contributed by atoms with Crippen molar-refractivity contribution in [1.29, 1.82) is 0 Å². The molecule has 2 heterocycles. The second-order valence-electron chi connectivity index (χ2n) is 8.56. The number of nitrogens with zero attached hydrogens (tertiary/aromatic N) is 3. The Labute approximate surface area is 224 Å². The van der Waals surface area contributed by atoms with Crippen LogP contribution in [0, 0.1) is 0 Å². The maximum atomic E-state index is 13.2. The quantitative estimate of drug-likeness (QED) is 0.256. The highest BCUT2D eigenvalue weighted by Gasteiger charge is 2.30. The Bertz CT molecular complexity index is 1720. The summed E-state index contributed by atoms with van der Waals surface area (Å²) in [7, 11) is 0. The second-order valence-corrected chi connectivity index (χ2v) is 8.96. The van der Waals surface area contributed by atoms with Crippen LogP contribution in [0.2, 0.25) is 5.02 Å². The summed E-state index contributed by atoms with van der Waals surface area (Å²) in [5.41, 5.74) is 2.08. The second kappa shape index (κ2) is 10.2. The number of aromatic carboxylic acids is 1. The van der Waals surface area contributed by atoms with Crippen molar-refractivity contribution in [3.8, 4) is 22.4 Å². The van der Waals surface area contributed by atoms with Crippen LogP contribution in [0.25, 0.3) is 28.0 Å². The molecule has 0 aliphatic carbocycles. The van der Waals surface area contributed by atoms with Crippen molar-refractivity contribution in [3.05, 3.63) is 112 Å². The average molecular weight is 551 g/mol. The van der Waals surface area contributed by atoms with E-state index < -0.39 is 23.6 Å². The molecule has 2 aromatic heterocycles. The lowest BCUT2D eigenvalue weighted by molar-refractivity contribution is -0.137. The number of carbonyl (C=O) groups excluding carboxylic acids is 1. The number of nitrogens with one attached hydrogen (secondary N) is 1. The Morgan fingerprint density at radius 1 is 0.949 bits per heavy atom. The number of amides is 1. The Hall–Kier alpha value is -4.70. The highest BCUT2D eigenvalue weighted by Crippen LogP contribution is 2.37. The molecule has 0 fully saturated rings. The number of hydrogen-bond donors (Lipinski definition) is 2. The summed E-state index contributed by atoms with van der Waals surface area (Å²) in [6.07, 6.45) is -1.69.